The Morgan fingerprint density at radius 2 is 1.86 bits per heavy atom. The number of halogens is 1. The highest BCUT2D eigenvalue weighted by molar-refractivity contribution is 6.30. The molecule has 4 heteroatoms. The van der Waals surface area contributed by atoms with E-state index >= 15 is 0 Å². The number of furan rings is 1. The van der Waals surface area contributed by atoms with Crippen molar-refractivity contribution < 1.29 is 4.42 Å². The average Bonchev–Trinajstić information content (AvgIpc) is 2.97. The third-order valence-corrected chi connectivity index (χ3v) is 3.41. The first kappa shape index (κ1) is 14.4. The fraction of sp³-hybridized carbons (Fsp3) is 0.0556. The number of anilines is 1. The van der Waals surface area contributed by atoms with E-state index in [2.05, 4.69) is 10.5 Å². The lowest BCUT2D eigenvalue weighted by Crippen LogP contribution is -1.89. The lowest BCUT2D eigenvalue weighted by atomic mass is 10.2. The summed E-state index contributed by atoms with van der Waals surface area (Å²) in [5.41, 5.74) is 6.09. The van der Waals surface area contributed by atoms with Crippen molar-refractivity contribution in [2.24, 2.45) is 5.10 Å². The Hall–Kier alpha value is -2.52. The van der Waals surface area contributed by atoms with Gasteiger partial charge in [-0.25, -0.2) is 0 Å². The van der Waals surface area contributed by atoms with Gasteiger partial charge >= 0.3 is 0 Å². The molecule has 3 rings (SSSR count). The van der Waals surface area contributed by atoms with Crippen LogP contribution in [0.15, 0.2) is 70.2 Å². The van der Waals surface area contributed by atoms with Crippen LogP contribution in [-0.4, -0.2) is 6.21 Å². The summed E-state index contributed by atoms with van der Waals surface area (Å²) in [6.45, 7) is 2.04. The molecule has 1 heterocycles. The minimum Gasteiger partial charge on any atom is -0.455 e. The largest absolute Gasteiger partial charge is 0.455 e. The molecule has 0 aliphatic heterocycles. The summed E-state index contributed by atoms with van der Waals surface area (Å²) in [4.78, 5) is 0. The summed E-state index contributed by atoms with van der Waals surface area (Å²) in [6.07, 6.45) is 1.65. The maximum absolute atomic E-state index is 5.88. The summed E-state index contributed by atoms with van der Waals surface area (Å²) in [7, 11) is 0. The van der Waals surface area contributed by atoms with Gasteiger partial charge in [0.15, 0.2) is 0 Å². The Morgan fingerprint density at radius 1 is 1.05 bits per heavy atom. The molecular formula is C18H15ClN2O. The van der Waals surface area contributed by atoms with Crippen LogP contribution >= 0.6 is 11.6 Å². The highest BCUT2D eigenvalue weighted by Gasteiger charge is 2.03. The Morgan fingerprint density at radius 3 is 2.64 bits per heavy atom. The zero-order valence-electron chi connectivity index (χ0n) is 12.1. The minimum absolute atomic E-state index is 0.685. The van der Waals surface area contributed by atoms with Crippen molar-refractivity contribution in [3.8, 4) is 11.3 Å². The summed E-state index contributed by atoms with van der Waals surface area (Å²) >= 11 is 5.88. The molecule has 1 aromatic heterocycles. The van der Waals surface area contributed by atoms with E-state index in [-0.39, 0.29) is 0 Å². The fourth-order valence-corrected chi connectivity index (χ4v) is 2.20. The highest BCUT2D eigenvalue weighted by atomic mass is 35.5. The Bertz CT molecular complexity index is 791. The molecule has 0 amide bonds. The Balaban J connectivity index is 1.69. The molecule has 0 spiro atoms. The van der Waals surface area contributed by atoms with E-state index in [0.717, 1.165) is 17.0 Å². The number of rotatable bonds is 4. The van der Waals surface area contributed by atoms with E-state index in [1.807, 2.05) is 67.6 Å². The first-order valence-electron chi connectivity index (χ1n) is 6.92. The van der Waals surface area contributed by atoms with Crippen LogP contribution in [-0.2, 0) is 0 Å². The predicted octanol–water partition coefficient (Wildman–Crippen LogP) is 5.35. The standard InChI is InChI=1S/C18H15ClN2O/c1-13-3-2-4-16(11-13)21-20-12-17-9-10-18(22-17)14-5-7-15(19)8-6-14/h2-12,21H,1H3/b20-12-. The number of benzene rings is 2. The smallest absolute Gasteiger partial charge is 0.147 e. The summed E-state index contributed by atoms with van der Waals surface area (Å²) in [5.74, 6) is 1.47. The molecule has 3 aromatic rings. The topological polar surface area (TPSA) is 37.5 Å². The van der Waals surface area contributed by atoms with Crippen LogP contribution in [0.5, 0.6) is 0 Å². The molecule has 110 valence electrons. The van der Waals surface area contributed by atoms with Crippen molar-refractivity contribution >= 4 is 23.5 Å². The van der Waals surface area contributed by atoms with Crippen molar-refractivity contribution in [3.05, 3.63) is 77.0 Å². The van der Waals surface area contributed by atoms with Crippen molar-refractivity contribution in [3.63, 3.8) is 0 Å². The van der Waals surface area contributed by atoms with Crippen LogP contribution in [0, 0.1) is 6.92 Å². The van der Waals surface area contributed by atoms with Gasteiger partial charge in [-0.15, -0.1) is 0 Å². The van der Waals surface area contributed by atoms with E-state index in [9.17, 15) is 0 Å². The Kier molecular flexibility index (Phi) is 4.26. The lowest BCUT2D eigenvalue weighted by Gasteiger charge is -2.00. The van der Waals surface area contributed by atoms with Crippen molar-refractivity contribution in [1.82, 2.24) is 0 Å². The molecular weight excluding hydrogens is 296 g/mol. The third kappa shape index (κ3) is 3.57. The maximum Gasteiger partial charge on any atom is 0.147 e. The second kappa shape index (κ2) is 6.50. The van der Waals surface area contributed by atoms with Crippen molar-refractivity contribution in [1.29, 1.82) is 0 Å². The number of nitrogens with zero attached hydrogens (tertiary/aromatic N) is 1. The first-order chi connectivity index (χ1) is 10.7. The van der Waals surface area contributed by atoms with Crippen LogP contribution < -0.4 is 5.43 Å². The number of hydrogen-bond donors (Lipinski definition) is 1. The van der Waals surface area contributed by atoms with Gasteiger partial charge in [-0.3, -0.25) is 5.43 Å². The van der Waals surface area contributed by atoms with Gasteiger partial charge in [0.2, 0.25) is 0 Å². The SMILES string of the molecule is Cc1cccc(N/N=C\c2ccc(-c3ccc(Cl)cc3)o2)c1. The zero-order chi connectivity index (χ0) is 15.4. The van der Waals surface area contributed by atoms with Gasteiger partial charge in [0.1, 0.15) is 11.5 Å². The monoisotopic (exact) mass is 310 g/mol. The van der Waals surface area contributed by atoms with Crippen LogP contribution in [0.25, 0.3) is 11.3 Å². The summed E-state index contributed by atoms with van der Waals surface area (Å²) < 4.78 is 5.74. The van der Waals surface area contributed by atoms with Gasteiger partial charge in [0, 0.05) is 10.6 Å². The van der Waals surface area contributed by atoms with Gasteiger partial charge in [-0.05, 0) is 61.0 Å². The first-order valence-corrected chi connectivity index (χ1v) is 7.30. The summed E-state index contributed by atoms with van der Waals surface area (Å²) in [6, 6.07) is 19.3. The molecule has 1 N–H and O–H groups in total. The molecule has 22 heavy (non-hydrogen) atoms. The number of nitrogens with one attached hydrogen (secondary N) is 1. The third-order valence-electron chi connectivity index (χ3n) is 3.16. The van der Waals surface area contributed by atoms with E-state index in [1.165, 1.54) is 5.56 Å². The molecule has 3 nitrogen and oxygen atoms in total. The number of hydrogen-bond acceptors (Lipinski definition) is 3. The van der Waals surface area contributed by atoms with Crippen molar-refractivity contribution in [2.45, 2.75) is 6.92 Å². The van der Waals surface area contributed by atoms with E-state index in [1.54, 1.807) is 6.21 Å². The molecule has 0 bridgehead atoms. The Labute approximate surface area is 134 Å². The van der Waals surface area contributed by atoms with E-state index in [0.29, 0.717) is 10.8 Å². The fourth-order valence-electron chi connectivity index (χ4n) is 2.08. The molecule has 0 unspecified atom stereocenters. The van der Waals surface area contributed by atoms with Gasteiger partial charge in [-0.1, -0.05) is 23.7 Å². The zero-order valence-corrected chi connectivity index (χ0v) is 12.8. The molecule has 0 saturated heterocycles. The van der Waals surface area contributed by atoms with E-state index in [4.69, 9.17) is 16.0 Å². The number of hydrazone groups is 1. The number of aryl methyl sites for hydroxylation is 1. The predicted molar refractivity (Wildman–Crippen MR) is 91.5 cm³/mol. The lowest BCUT2D eigenvalue weighted by molar-refractivity contribution is 0.575. The van der Waals surface area contributed by atoms with Gasteiger partial charge in [-0.2, -0.15) is 5.10 Å². The molecule has 0 fully saturated rings. The van der Waals surface area contributed by atoms with Crippen LogP contribution in [0.4, 0.5) is 5.69 Å². The highest BCUT2D eigenvalue weighted by Crippen LogP contribution is 2.23. The van der Waals surface area contributed by atoms with Gasteiger partial charge in [0.25, 0.3) is 0 Å². The van der Waals surface area contributed by atoms with Crippen molar-refractivity contribution in [2.75, 3.05) is 5.43 Å². The van der Waals surface area contributed by atoms with Crippen LogP contribution in [0.2, 0.25) is 5.02 Å². The molecule has 0 atom stereocenters. The molecule has 0 saturated carbocycles. The van der Waals surface area contributed by atoms with E-state index < -0.39 is 0 Å². The van der Waals surface area contributed by atoms with Crippen LogP contribution in [0.1, 0.15) is 11.3 Å². The quantitative estimate of drug-likeness (QED) is 0.520. The average molecular weight is 311 g/mol. The van der Waals surface area contributed by atoms with Gasteiger partial charge in [0.05, 0.1) is 11.9 Å². The molecule has 2 aromatic carbocycles. The normalized spacial score (nSPS) is 11.0. The second-order valence-electron chi connectivity index (χ2n) is 4.95. The molecule has 0 radical (unpaired) electrons. The minimum atomic E-state index is 0.685. The summed E-state index contributed by atoms with van der Waals surface area (Å²) in [5, 5.41) is 4.89. The molecule has 0 aliphatic carbocycles. The van der Waals surface area contributed by atoms with Crippen LogP contribution in [0.3, 0.4) is 0 Å². The maximum atomic E-state index is 5.88. The second-order valence-corrected chi connectivity index (χ2v) is 5.38. The van der Waals surface area contributed by atoms with Gasteiger partial charge < -0.3 is 4.42 Å². The molecule has 0 aliphatic rings.